The second kappa shape index (κ2) is 9.39. The third kappa shape index (κ3) is 4.34. The second-order valence-corrected chi connectivity index (χ2v) is 12.6. The first-order valence-electron chi connectivity index (χ1n) is 14.5. The maximum Gasteiger partial charge on any atom is 0.251 e. The zero-order chi connectivity index (χ0) is 27.5. The number of amides is 2. The molecule has 4 fully saturated rings. The summed E-state index contributed by atoms with van der Waals surface area (Å²) in [6, 6.07) is 21.7. The molecule has 2 atom stereocenters. The molecule has 4 bridgehead atoms. The van der Waals surface area contributed by atoms with Crippen LogP contribution in [0.25, 0.3) is 0 Å². The molecular weight excluding hydrogens is 500 g/mol. The number of fused-ring (bicyclic) bond motifs is 4. The Morgan fingerprint density at radius 2 is 1.82 bits per heavy atom. The number of nitrogens with zero attached hydrogens (tertiary/aromatic N) is 1. The first kappa shape index (κ1) is 25.2. The largest absolute Gasteiger partial charge is 0.489 e. The van der Waals surface area contributed by atoms with Crippen LogP contribution in [0.2, 0.25) is 0 Å². The van der Waals surface area contributed by atoms with Crippen molar-refractivity contribution in [2.24, 2.45) is 11.3 Å². The van der Waals surface area contributed by atoms with E-state index < -0.39 is 5.72 Å². The molecule has 0 radical (unpaired) electrons. The third-order valence-electron chi connectivity index (χ3n) is 9.42. The highest BCUT2D eigenvalue weighted by Crippen LogP contribution is 2.64. The number of nitrogens with one attached hydrogen (secondary N) is 1. The standard InChI is InChI=1S/C34H36N2O4/c1-22-9-11-23(12-10-22)13-14-35-32(38)25-5-3-6-27(15-25)36-30(37)16-26-20-33(36,2)40-31-28(26)7-4-8-29(31)39-21-34-17-24(18-34)19-34/h3-12,15,24,26H,13-14,16-21H2,1-2H3,(H,35,38). The summed E-state index contributed by atoms with van der Waals surface area (Å²) in [4.78, 5) is 28.3. The minimum absolute atomic E-state index is 0.00140. The number of anilines is 1. The molecule has 3 aromatic rings. The van der Waals surface area contributed by atoms with Crippen molar-refractivity contribution >= 4 is 17.5 Å². The Morgan fingerprint density at radius 1 is 1.05 bits per heavy atom. The number of aryl methyl sites for hydroxylation is 1. The van der Waals surface area contributed by atoms with Crippen LogP contribution in [-0.4, -0.2) is 30.7 Å². The van der Waals surface area contributed by atoms with Crippen molar-refractivity contribution in [3.05, 3.63) is 89.0 Å². The fourth-order valence-electron chi connectivity index (χ4n) is 7.24. The van der Waals surface area contributed by atoms with E-state index in [2.05, 4.69) is 42.6 Å². The number of hydrogen-bond acceptors (Lipinski definition) is 4. The van der Waals surface area contributed by atoms with Gasteiger partial charge in [0.2, 0.25) is 5.91 Å². The van der Waals surface area contributed by atoms with Crippen LogP contribution in [0.4, 0.5) is 5.69 Å². The lowest BCUT2D eigenvalue weighted by Crippen LogP contribution is -2.60. The van der Waals surface area contributed by atoms with Gasteiger partial charge in [-0.2, -0.15) is 0 Å². The summed E-state index contributed by atoms with van der Waals surface area (Å²) >= 11 is 0. The van der Waals surface area contributed by atoms with Gasteiger partial charge < -0.3 is 14.8 Å². The molecule has 0 aromatic heterocycles. The molecule has 1 N–H and O–H groups in total. The lowest BCUT2D eigenvalue weighted by atomic mass is 9.45. The molecule has 3 saturated carbocycles. The molecule has 3 aromatic carbocycles. The van der Waals surface area contributed by atoms with Crippen LogP contribution in [0.3, 0.4) is 0 Å². The molecule has 1 saturated heterocycles. The first-order chi connectivity index (χ1) is 19.3. The summed E-state index contributed by atoms with van der Waals surface area (Å²) in [6.07, 6.45) is 5.68. The Morgan fingerprint density at radius 3 is 2.58 bits per heavy atom. The van der Waals surface area contributed by atoms with Crippen molar-refractivity contribution < 1.29 is 19.1 Å². The van der Waals surface area contributed by atoms with E-state index in [4.69, 9.17) is 9.47 Å². The van der Waals surface area contributed by atoms with Crippen molar-refractivity contribution in [2.75, 3.05) is 18.1 Å². The van der Waals surface area contributed by atoms with Gasteiger partial charge in [0.05, 0.1) is 6.61 Å². The van der Waals surface area contributed by atoms with E-state index in [9.17, 15) is 9.59 Å². The lowest BCUT2D eigenvalue weighted by molar-refractivity contribution is -0.133. The fourth-order valence-corrected chi connectivity index (χ4v) is 7.24. The minimum atomic E-state index is -0.872. The smallest absolute Gasteiger partial charge is 0.251 e. The summed E-state index contributed by atoms with van der Waals surface area (Å²) in [6.45, 7) is 5.31. The average molecular weight is 537 g/mol. The summed E-state index contributed by atoms with van der Waals surface area (Å²) in [7, 11) is 0. The number of piperidine rings is 1. The predicted octanol–water partition coefficient (Wildman–Crippen LogP) is 6.17. The molecule has 5 aliphatic rings. The normalized spacial score (nSPS) is 27.6. The SMILES string of the molecule is Cc1ccc(CCNC(=O)c2cccc(N3C(=O)CC4CC3(C)Oc3c(OCC56CC(C5)C6)cccc34)c2)cc1. The molecular formula is C34H36N2O4. The van der Waals surface area contributed by atoms with E-state index in [-0.39, 0.29) is 17.7 Å². The van der Waals surface area contributed by atoms with Gasteiger partial charge in [-0.15, -0.1) is 0 Å². The zero-order valence-corrected chi connectivity index (χ0v) is 23.2. The summed E-state index contributed by atoms with van der Waals surface area (Å²) in [5.41, 5.74) is 4.15. The number of carbonyl (C=O) groups is 2. The van der Waals surface area contributed by atoms with Gasteiger partial charge in [-0.25, -0.2) is 0 Å². The van der Waals surface area contributed by atoms with E-state index in [1.165, 1.54) is 30.4 Å². The Labute approximate surface area is 235 Å². The molecule has 206 valence electrons. The number of ether oxygens (including phenoxy) is 2. The Hall–Kier alpha value is -3.80. The predicted molar refractivity (Wildman–Crippen MR) is 154 cm³/mol. The van der Waals surface area contributed by atoms with Crippen LogP contribution in [0.1, 0.15) is 72.0 Å². The van der Waals surface area contributed by atoms with Gasteiger partial charge in [0, 0.05) is 47.5 Å². The molecule has 2 amide bonds. The second-order valence-electron chi connectivity index (χ2n) is 12.6. The van der Waals surface area contributed by atoms with E-state index in [1.54, 1.807) is 17.0 Å². The van der Waals surface area contributed by atoms with Gasteiger partial charge in [0.1, 0.15) is 0 Å². The minimum Gasteiger partial charge on any atom is -0.489 e. The average Bonchev–Trinajstić information content (AvgIpc) is 2.88. The lowest BCUT2D eigenvalue weighted by Gasteiger charge is -2.61. The molecule has 2 heterocycles. The van der Waals surface area contributed by atoms with Crippen molar-refractivity contribution in [1.29, 1.82) is 0 Å². The third-order valence-corrected chi connectivity index (χ3v) is 9.42. The van der Waals surface area contributed by atoms with Crippen molar-refractivity contribution in [1.82, 2.24) is 5.32 Å². The summed E-state index contributed by atoms with van der Waals surface area (Å²) in [5.74, 6) is 2.37. The van der Waals surface area contributed by atoms with Gasteiger partial charge in [-0.1, -0.05) is 48.0 Å². The number of hydrogen-bond donors (Lipinski definition) is 1. The Kier molecular flexibility index (Phi) is 5.92. The molecule has 2 unspecified atom stereocenters. The van der Waals surface area contributed by atoms with Crippen LogP contribution >= 0.6 is 0 Å². The molecule has 40 heavy (non-hydrogen) atoms. The maximum atomic E-state index is 13.6. The van der Waals surface area contributed by atoms with Gasteiger partial charge in [0.15, 0.2) is 17.2 Å². The fraction of sp³-hybridized carbons (Fsp3) is 0.412. The molecule has 8 rings (SSSR count). The van der Waals surface area contributed by atoms with Crippen LogP contribution in [-0.2, 0) is 11.2 Å². The first-order valence-corrected chi connectivity index (χ1v) is 14.5. The molecule has 6 nitrogen and oxygen atoms in total. The Bertz CT molecular complexity index is 1460. The van der Waals surface area contributed by atoms with Gasteiger partial charge in [0.25, 0.3) is 5.91 Å². The van der Waals surface area contributed by atoms with Crippen molar-refractivity contribution in [3.63, 3.8) is 0 Å². The highest BCUT2D eigenvalue weighted by atomic mass is 16.5. The number of carbonyl (C=O) groups excluding carboxylic acids is 2. The van der Waals surface area contributed by atoms with Gasteiger partial charge in [-0.05, 0) is 75.3 Å². The van der Waals surface area contributed by atoms with E-state index in [0.29, 0.717) is 36.1 Å². The topological polar surface area (TPSA) is 67.9 Å². The molecule has 6 heteroatoms. The highest BCUT2D eigenvalue weighted by Gasteiger charge is 2.57. The number of benzene rings is 3. The highest BCUT2D eigenvalue weighted by molar-refractivity contribution is 5.99. The van der Waals surface area contributed by atoms with Crippen molar-refractivity contribution in [2.45, 2.75) is 64.0 Å². The molecule has 0 spiro atoms. The number of rotatable bonds is 8. The monoisotopic (exact) mass is 536 g/mol. The van der Waals surface area contributed by atoms with Crippen LogP contribution in [0.5, 0.6) is 11.5 Å². The maximum absolute atomic E-state index is 13.6. The van der Waals surface area contributed by atoms with Crippen LogP contribution in [0.15, 0.2) is 66.7 Å². The van der Waals surface area contributed by atoms with Gasteiger partial charge >= 0.3 is 0 Å². The summed E-state index contributed by atoms with van der Waals surface area (Å²) in [5, 5.41) is 3.03. The quantitative estimate of drug-likeness (QED) is 0.374. The van der Waals surface area contributed by atoms with E-state index in [1.807, 2.05) is 31.2 Å². The van der Waals surface area contributed by atoms with Gasteiger partial charge in [-0.3, -0.25) is 14.5 Å². The van der Waals surface area contributed by atoms with Crippen LogP contribution < -0.4 is 19.7 Å². The van der Waals surface area contributed by atoms with E-state index >= 15 is 0 Å². The zero-order valence-electron chi connectivity index (χ0n) is 23.2. The van der Waals surface area contributed by atoms with E-state index in [0.717, 1.165) is 36.0 Å². The Balaban J connectivity index is 1.09. The molecule has 2 aliphatic heterocycles. The van der Waals surface area contributed by atoms with Crippen molar-refractivity contribution in [3.8, 4) is 11.5 Å². The van der Waals surface area contributed by atoms with Crippen LogP contribution in [0, 0.1) is 18.3 Å². The summed E-state index contributed by atoms with van der Waals surface area (Å²) < 4.78 is 13.1. The molecule has 3 aliphatic carbocycles. The number of para-hydroxylation sites is 1.